The van der Waals surface area contributed by atoms with Gasteiger partial charge in [-0.25, -0.2) is 4.79 Å². The first-order valence-corrected chi connectivity index (χ1v) is 10.6. The predicted molar refractivity (Wildman–Crippen MR) is 123 cm³/mol. The maximum atomic E-state index is 13.4. The van der Waals surface area contributed by atoms with Crippen molar-refractivity contribution < 1.29 is 27.8 Å². The largest absolute Gasteiger partial charge is 0.479 e. The van der Waals surface area contributed by atoms with Crippen LogP contribution in [-0.4, -0.2) is 21.2 Å². The zero-order valence-electron chi connectivity index (χ0n) is 19.5. The summed E-state index contributed by atoms with van der Waals surface area (Å²) in [5, 5.41) is 10.0. The molecule has 1 unspecified atom stereocenters. The van der Waals surface area contributed by atoms with Crippen LogP contribution in [0.5, 0.6) is 0 Å². The molecule has 3 rings (SSSR count). The van der Waals surface area contributed by atoms with Crippen molar-refractivity contribution in [3.8, 4) is 16.8 Å². The number of benzene rings is 2. The molecule has 5 nitrogen and oxygen atoms in total. The number of para-hydroxylation sites is 1. The molecule has 1 N–H and O–H groups in total. The number of ether oxygens (including phenoxy) is 1. The highest BCUT2D eigenvalue weighted by Gasteiger charge is 2.34. The molecule has 0 aliphatic heterocycles. The Kier molecular flexibility index (Phi) is 6.75. The molecule has 0 aliphatic rings. The first-order chi connectivity index (χ1) is 15.7. The number of carboxylic acid groups (broad SMARTS) is 1. The van der Waals surface area contributed by atoms with Gasteiger partial charge in [0.05, 0.1) is 11.2 Å². The van der Waals surface area contributed by atoms with Crippen LogP contribution < -0.4 is 5.56 Å². The molecule has 0 bridgehead atoms. The van der Waals surface area contributed by atoms with Crippen molar-refractivity contribution >= 4 is 5.97 Å². The van der Waals surface area contributed by atoms with Crippen molar-refractivity contribution in [2.45, 2.75) is 52.5 Å². The molecule has 1 heterocycles. The van der Waals surface area contributed by atoms with E-state index in [1.165, 1.54) is 23.6 Å². The van der Waals surface area contributed by atoms with Crippen molar-refractivity contribution in [1.29, 1.82) is 0 Å². The Balaban J connectivity index is 2.41. The van der Waals surface area contributed by atoms with E-state index in [0.29, 0.717) is 22.5 Å². The Morgan fingerprint density at radius 3 is 2.00 bits per heavy atom. The number of carbonyl (C=O) groups is 1. The number of aliphatic carboxylic acids is 1. The molecular formula is C26H26F3NO4. The maximum Gasteiger partial charge on any atom is 0.416 e. The Morgan fingerprint density at radius 2 is 1.53 bits per heavy atom. The third kappa shape index (κ3) is 5.07. The van der Waals surface area contributed by atoms with E-state index in [9.17, 15) is 27.9 Å². The van der Waals surface area contributed by atoms with Gasteiger partial charge in [-0.1, -0.05) is 30.3 Å². The lowest BCUT2D eigenvalue weighted by atomic mass is 9.90. The summed E-state index contributed by atoms with van der Waals surface area (Å²) in [4.78, 5) is 25.7. The Bertz CT molecular complexity index is 1250. The molecule has 0 fully saturated rings. The van der Waals surface area contributed by atoms with E-state index >= 15 is 0 Å². The highest BCUT2D eigenvalue weighted by Crippen LogP contribution is 2.38. The van der Waals surface area contributed by atoms with Crippen molar-refractivity contribution in [1.82, 2.24) is 4.57 Å². The number of hydrogen-bond donors (Lipinski definition) is 1. The van der Waals surface area contributed by atoms with Gasteiger partial charge in [-0.05, 0) is 64.4 Å². The van der Waals surface area contributed by atoms with Crippen molar-refractivity contribution in [3.63, 3.8) is 0 Å². The molecule has 0 saturated carbocycles. The summed E-state index contributed by atoms with van der Waals surface area (Å²) in [6.07, 6.45) is -6.03. The fraction of sp³-hybridized carbons (Fsp3) is 0.308. The first kappa shape index (κ1) is 25.2. The van der Waals surface area contributed by atoms with Crippen LogP contribution in [0.1, 0.15) is 49.3 Å². The molecule has 8 heteroatoms. The highest BCUT2D eigenvalue weighted by atomic mass is 19.4. The first-order valence-electron chi connectivity index (χ1n) is 10.6. The number of aromatic nitrogens is 1. The molecule has 0 saturated heterocycles. The standard InChI is InChI=1S/C26H26F3NO4/c1-15-20(22(24(32)33)34-25(3,4)5)21(17-11-13-18(14-12-17)26(27,28)29)16(2)30(23(15)31)19-9-7-6-8-10-19/h6-14,22H,1-5H3,(H,32,33). The number of rotatable bonds is 5. The van der Waals surface area contributed by atoms with E-state index in [0.717, 1.165) is 12.1 Å². The second kappa shape index (κ2) is 9.10. The normalized spacial score (nSPS) is 13.1. The molecule has 1 aromatic heterocycles. The predicted octanol–water partition coefficient (Wildman–Crippen LogP) is 6.08. The van der Waals surface area contributed by atoms with E-state index in [-0.39, 0.29) is 11.1 Å². The Labute approximate surface area is 195 Å². The van der Waals surface area contributed by atoms with Crippen LogP contribution in [0.15, 0.2) is 59.4 Å². The van der Waals surface area contributed by atoms with Crippen LogP contribution in [-0.2, 0) is 15.7 Å². The molecule has 180 valence electrons. The van der Waals surface area contributed by atoms with Crippen molar-refractivity contribution in [2.75, 3.05) is 0 Å². The summed E-state index contributed by atoms with van der Waals surface area (Å²) >= 11 is 0. The van der Waals surface area contributed by atoms with E-state index in [1.807, 2.05) is 0 Å². The van der Waals surface area contributed by atoms with E-state index < -0.39 is 35.0 Å². The number of pyridine rings is 1. The van der Waals surface area contributed by atoms with Gasteiger partial charge in [0.25, 0.3) is 5.56 Å². The summed E-state index contributed by atoms with van der Waals surface area (Å²) in [7, 11) is 0. The number of alkyl halides is 3. The smallest absolute Gasteiger partial charge is 0.416 e. The van der Waals surface area contributed by atoms with Gasteiger partial charge < -0.3 is 9.84 Å². The maximum absolute atomic E-state index is 13.4. The second-order valence-corrected chi connectivity index (χ2v) is 9.00. The van der Waals surface area contributed by atoms with Gasteiger partial charge in [0.2, 0.25) is 0 Å². The third-order valence-corrected chi connectivity index (χ3v) is 5.37. The lowest BCUT2D eigenvalue weighted by Gasteiger charge is -2.29. The molecule has 0 amide bonds. The number of halogens is 3. The topological polar surface area (TPSA) is 68.5 Å². The van der Waals surface area contributed by atoms with Crippen LogP contribution in [0.25, 0.3) is 16.8 Å². The fourth-order valence-corrected chi connectivity index (χ4v) is 3.92. The van der Waals surface area contributed by atoms with Crippen LogP contribution >= 0.6 is 0 Å². The number of hydrogen-bond acceptors (Lipinski definition) is 3. The van der Waals surface area contributed by atoms with Crippen LogP contribution in [0.4, 0.5) is 13.2 Å². The Morgan fingerprint density at radius 1 is 0.971 bits per heavy atom. The van der Waals surface area contributed by atoms with Crippen LogP contribution in [0, 0.1) is 13.8 Å². The minimum Gasteiger partial charge on any atom is -0.479 e. The second-order valence-electron chi connectivity index (χ2n) is 9.00. The third-order valence-electron chi connectivity index (χ3n) is 5.37. The molecule has 0 spiro atoms. The van der Waals surface area contributed by atoms with Gasteiger partial charge in [0.15, 0.2) is 6.10 Å². The monoisotopic (exact) mass is 473 g/mol. The van der Waals surface area contributed by atoms with E-state index in [1.54, 1.807) is 58.0 Å². The summed E-state index contributed by atoms with van der Waals surface area (Å²) in [5.41, 5.74) is -0.241. The molecule has 3 aromatic rings. The zero-order valence-corrected chi connectivity index (χ0v) is 19.5. The zero-order chi connectivity index (χ0) is 25.4. The van der Waals surface area contributed by atoms with Gasteiger partial charge in [0.1, 0.15) is 0 Å². The van der Waals surface area contributed by atoms with Gasteiger partial charge in [0, 0.05) is 28.1 Å². The van der Waals surface area contributed by atoms with E-state index in [2.05, 4.69) is 0 Å². The molecule has 1 atom stereocenters. The Hall–Kier alpha value is -3.39. The molecule has 0 aliphatic carbocycles. The summed E-state index contributed by atoms with van der Waals surface area (Å²) in [5.74, 6) is -1.30. The van der Waals surface area contributed by atoms with Crippen LogP contribution in [0.2, 0.25) is 0 Å². The lowest BCUT2D eigenvalue weighted by Crippen LogP contribution is -2.32. The van der Waals surface area contributed by atoms with Crippen molar-refractivity contribution in [2.24, 2.45) is 0 Å². The van der Waals surface area contributed by atoms with Crippen molar-refractivity contribution in [3.05, 3.63) is 87.3 Å². The SMILES string of the molecule is Cc1c(C(OC(C)(C)C)C(=O)O)c(-c2ccc(C(F)(F)F)cc2)c(C)n(-c2ccccc2)c1=O. The molecular weight excluding hydrogens is 447 g/mol. The van der Waals surface area contributed by atoms with Gasteiger partial charge in [-0.3, -0.25) is 9.36 Å². The minimum absolute atomic E-state index is 0.122. The van der Waals surface area contributed by atoms with Gasteiger partial charge in [-0.2, -0.15) is 13.2 Å². The number of nitrogens with zero attached hydrogens (tertiary/aromatic N) is 1. The fourth-order valence-electron chi connectivity index (χ4n) is 3.92. The molecule has 2 aromatic carbocycles. The average molecular weight is 473 g/mol. The van der Waals surface area contributed by atoms with Crippen LogP contribution in [0.3, 0.4) is 0 Å². The quantitative estimate of drug-likeness (QED) is 0.488. The lowest BCUT2D eigenvalue weighted by molar-refractivity contribution is -0.160. The summed E-state index contributed by atoms with van der Waals surface area (Å²) in [6, 6.07) is 13.2. The summed E-state index contributed by atoms with van der Waals surface area (Å²) < 4.78 is 46.7. The average Bonchev–Trinajstić information content (AvgIpc) is 2.74. The summed E-state index contributed by atoms with van der Waals surface area (Å²) in [6.45, 7) is 8.21. The van der Waals surface area contributed by atoms with Gasteiger partial charge in [-0.15, -0.1) is 0 Å². The molecule has 0 radical (unpaired) electrons. The van der Waals surface area contributed by atoms with Gasteiger partial charge >= 0.3 is 12.1 Å². The molecule has 34 heavy (non-hydrogen) atoms. The minimum atomic E-state index is -4.52. The highest BCUT2D eigenvalue weighted by molar-refractivity contribution is 5.82. The number of carboxylic acids is 1. The van der Waals surface area contributed by atoms with E-state index in [4.69, 9.17) is 4.74 Å².